The average molecular weight is 417 g/mol. The maximum atomic E-state index is 11.9. The van der Waals surface area contributed by atoms with Gasteiger partial charge in [-0.05, 0) is 36.5 Å². The van der Waals surface area contributed by atoms with E-state index >= 15 is 0 Å². The topological polar surface area (TPSA) is 76.2 Å². The quantitative estimate of drug-likeness (QED) is 0.289. The number of phenols is 1. The second kappa shape index (κ2) is 6.51. The standard InChI is InChI=1S/C19H13ClN2O3S2/c20-12-5-11-9(4-16(24)25-14(11)6-13(12)23)7-26-18-17-10-2-1-3-15(10)27-19(17)22-8-21-18/h4-6,8,23H,1-3,7H2. The van der Waals surface area contributed by atoms with Crippen molar-refractivity contribution in [2.45, 2.75) is 30.0 Å². The van der Waals surface area contributed by atoms with Gasteiger partial charge in [-0.25, -0.2) is 14.8 Å². The maximum Gasteiger partial charge on any atom is 0.336 e. The van der Waals surface area contributed by atoms with Crippen LogP contribution in [0.4, 0.5) is 0 Å². The molecule has 4 aromatic rings. The van der Waals surface area contributed by atoms with Crippen molar-refractivity contribution in [3.63, 3.8) is 0 Å². The Kier molecular flexibility index (Phi) is 4.11. The largest absolute Gasteiger partial charge is 0.506 e. The fourth-order valence-electron chi connectivity index (χ4n) is 3.51. The Labute approximate surface area is 167 Å². The number of benzene rings is 1. The Balaban J connectivity index is 1.57. The smallest absolute Gasteiger partial charge is 0.336 e. The summed E-state index contributed by atoms with van der Waals surface area (Å²) in [7, 11) is 0. The van der Waals surface area contributed by atoms with Gasteiger partial charge in [-0.15, -0.1) is 23.1 Å². The summed E-state index contributed by atoms with van der Waals surface area (Å²) in [4.78, 5) is 23.3. The van der Waals surface area contributed by atoms with Crippen LogP contribution in [-0.2, 0) is 18.6 Å². The van der Waals surface area contributed by atoms with E-state index in [9.17, 15) is 9.90 Å². The summed E-state index contributed by atoms with van der Waals surface area (Å²) in [6.45, 7) is 0. The summed E-state index contributed by atoms with van der Waals surface area (Å²) >= 11 is 9.38. The molecule has 1 aliphatic rings. The minimum atomic E-state index is -0.455. The Morgan fingerprint density at radius 1 is 1.26 bits per heavy atom. The molecule has 0 fully saturated rings. The van der Waals surface area contributed by atoms with Gasteiger partial charge in [-0.2, -0.15) is 0 Å². The third kappa shape index (κ3) is 2.90. The molecule has 0 saturated carbocycles. The summed E-state index contributed by atoms with van der Waals surface area (Å²) in [6.07, 6.45) is 4.97. The molecule has 5 nitrogen and oxygen atoms in total. The molecule has 0 bridgehead atoms. The number of fused-ring (bicyclic) bond motifs is 4. The minimum absolute atomic E-state index is 0.108. The second-order valence-electron chi connectivity index (χ2n) is 6.40. The van der Waals surface area contributed by atoms with Crippen LogP contribution in [0, 0.1) is 0 Å². The number of aryl methyl sites for hydroxylation is 2. The van der Waals surface area contributed by atoms with Crippen LogP contribution in [0.2, 0.25) is 5.02 Å². The van der Waals surface area contributed by atoms with Crippen molar-refractivity contribution in [3.8, 4) is 5.75 Å². The highest BCUT2D eigenvalue weighted by molar-refractivity contribution is 7.98. The van der Waals surface area contributed by atoms with Crippen LogP contribution < -0.4 is 5.63 Å². The third-order valence-corrected chi connectivity index (χ3v) is 7.27. The zero-order chi connectivity index (χ0) is 18.5. The molecular weight excluding hydrogens is 404 g/mol. The van der Waals surface area contributed by atoms with Crippen LogP contribution in [0.3, 0.4) is 0 Å². The first-order valence-electron chi connectivity index (χ1n) is 8.43. The zero-order valence-corrected chi connectivity index (χ0v) is 16.4. The van der Waals surface area contributed by atoms with Gasteiger partial charge in [0.1, 0.15) is 27.5 Å². The van der Waals surface area contributed by atoms with Crippen LogP contribution in [-0.4, -0.2) is 15.1 Å². The van der Waals surface area contributed by atoms with Crippen molar-refractivity contribution in [3.05, 3.63) is 56.0 Å². The van der Waals surface area contributed by atoms with E-state index < -0.39 is 5.63 Å². The van der Waals surface area contributed by atoms with Gasteiger partial charge in [-0.3, -0.25) is 0 Å². The monoisotopic (exact) mass is 416 g/mol. The van der Waals surface area contributed by atoms with E-state index in [4.69, 9.17) is 16.0 Å². The Hall–Kier alpha value is -2.09. The fraction of sp³-hybridized carbons (Fsp3) is 0.211. The minimum Gasteiger partial charge on any atom is -0.506 e. The van der Waals surface area contributed by atoms with E-state index in [0.29, 0.717) is 16.7 Å². The molecule has 27 heavy (non-hydrogen) atoms. The molecule has 0 unspecified atom stereocenters. The lowest BCUT2D eigenvalue weighted by molar-refractivity contribution is 0.473. The number of halogens is 1. The van der Waals surface area contributed by atoms with Crippen LogP contribution in [0.25, 0.3) is 21.2 Å². The molecule has 1 aromatic carbocycles. The number of thiophene rings is 1. The lowest BCUT2D eigenvalue weighted by Gasteiger charge is -2.07. The molecule has 0 spiro atoms. The molecule has 8 heteroatoms. The third-order valence-electron chi connectivity index (χ3n) is 4.73. The van der Waals surface area contributed by atoms with Crippen molar-refractivity contribution in [1.29, 1.82) is 0 Å². The molecular formula is C19H13ClN2O3S2. The fourth-order valence-corrected chi connectivity index (χ4v) is 5.98. The highest BCUT2D eigenvalue weighted by Gasteiger charge is 2.21. The van der Waals surface area contributed by atoms with Gasteiger partial charge in [0.2, 0.25) is 0 Å². The highest BCUT2D eigenvalue weighted by atomic mass is 35.5. The number of hydrogen-bond acceptors (Lipinski definition) is 7. The number of aromatic hydroxyl groups is 1. The van der Waals surface area contributed by atoms with E-state index in [1.165, 1.54) is 29.0 Å². The van der Waals surface area contributed by atoms with Gasteiger partial charge in [0.25, 0.3) is 0 Å². The van der Waals surface area contributed by atoms with Gasteiger partial charge >= 0.3 is 5.63 Å². The van der Waals surface area contributed by atoms with Gasteiger partial charge in [-0.1, -0.05) is 11.6 Å². The SMILES string of the molecule is O=c1cc(CSc2ncnc3sc4c(c23)CCC4)c2cc(Cl)c(O)cc2o1. The number of nitrogens with zero attached hydrogens (tertiary/aromatic N) is 2. The van der Waals surface area contributed by atoms with Crippen LogP contribution in [0.5, 0.6) is 5.75 Å². The molecule has 136 valence electrons. The van der Waals surface area contributed by atoms with Crippen LogP contribution >= 0.6 is 34.7 Å². The molecule has 0 radical (unpaired) electrons. The van der Waals surface area contributed by atoms with E-state index in [2.05, 4.69) is 9.97 Å². The lowest BCUT2D eigenvalue weighted by Crippen LogP contribution is -2.00. The van der Waals surface area contributed by atoms with Gasteiger partial charge in [0, 0.05) is 33.5 Å². The molecule has 1 N–H and O–H groups in total. The summed E-state index contributed by atoms with van der Waals surface area (Å²) < 4.78 is 5.20. The number of rotatable bonds is 3. The summed E-state index contributed by atoms with van der Waals surface area (Å²) in [5.41, 5.74) is 2.05. The van der Waals surface area contributed by atoms with Crippen molar-refractivity contribution < 1.29 is 9.52 Å². The summed E-state index contributed by atoms with van der Waals surface area (Å²) in [5, 5.41) is 12.8. The molecule has 0 amide bonds. The molecule has 5 rings (SSSR count). The number of aromatic nitrogens is 2. The molecule has 0 aliphatic heterocycles. The van der Waals surface area contributed by atoms with Crippen molar-refractivity contribution >= 4 is 55.9 Å². The number of phenolic OH excluding ortho intramolecular Hbond substituents is 1. The van der Waals surface area contributed by atoms with Crippen molar-refractivity contribution in [1.82, 2.24) is 9.97 Å². The molecule has 3 aromatic heterocycles. The number of thioether (sulfide) groups is 1. The first kappa shape index (κ1) is 17.0. The van der Waals surface area contributed by atoms with Crippen molar-refractivity contribution in [2.75, 3.05) is 0 Å². The predicted octanol–water partition coefficient (Wildman–Crippen LogP) is 4.94. The average Bonchev–Trinajstić information content (AvgIpc) is 3.22. The predicted molar refractivity (Wildman–Crippen MR) is 108 cm³/mol. The normalized spacial score (nSPS) is 13.5. The van der Waals surface area contributed by atoms with E-state index in [-0.39, 0.29) is 10.8 Å². The Bertz CT molecular complexity index is 1270. The van der Waals surface area contributed by atoms with Gasteiger partial charge in [0.15, 0.2) is 0 Å². The Morgan fingerprint density at radius 3 is 3.04 bits per heavy atom. The zero-order valence-electron chi connectivity index (χ0n) is 14.0. The van der Waals surface area contributed by atoms with Crippen LogP contribution in [0.1, 0.15) is 22.4 Å². The van der Waals surface area contributed by atoms with Gasteiger partial charge in [0.05, 0.1) is 5.02 Å². The van der Waals surface area contributed by atoms with Crippen molar-refractivity contribution in [2.24, 2.45) is 0 Å². The molecule has 1 aliphatic carbocycles. The maximum absolute atomic E-state index is 11.9. The molecule has 3 heterocycles. The van der Waals surface area contributed by atoms with E-state index in [0.717, 1.165) is 33.6 Å². The van der Waals surface area contributed by atoms with E-state index in [1.54, 1.807) is 35.5 Å². The van der Waals surface area contributed by atoms with E-state index in [1.807, 2.05) is 0 Å². The summed E-state index contributed by atoms with van der Waals surface area (Å²) in [5.74, 6) is 0.434. The van der Waals surface area contributed by atoms with Gasteiger partial charge < -0.3 is 9.52 Å². The highest BCUT2D eigenvalue weighted by Crippen LogP contribution is 2.41. The first-order valence-corrected chi connectivity index (χ1v) is 10.6. The number of hydrogen-bond donors (Lipinski definition) is 1. The first-order chi connectivity index (χ1) is 13.1. The van der Waals surface area contributed by atoms with Crippen LogP contribution in [0.15, 0.2) is 38.8 Å². The second-order valence-corrected chi connectivity index (χ2v) is 8.85. The summed E-state index contributed by atoms with van der Waals surface area (Å²) in [6, 6.07) is 4.48. The lowest BCUT2D eigenvalue weighted by atomic mass is 10.1. The molecule has 0 saturated heterocycles. The molecule has 0 atom stereocenters. The Morgan fingerprint density at radius 2 is 2.15 bits per heavy atom.